The van der Waals surface area contributed by atoms with E-state index in [1.165, 1.54) is 6.20 Å². The zero-order chi connectivity index (χ0) is 15.0. The molecule has 1 aromatic heterocycles. The highest BCUT2D eigenvalue weighted by Crippen LogP contribution is 2.28. The summed E-state index contributed by atoms with van der Waals surface area (Å²) in [6.45, 7) is 0. The van der Waals surface area contributed by atoms with Gasteiger partial charge in [-0.05, 0) is 30.5 Å². The summed E-state index contributed by atoms with van der Waals surface area (Å²) < 4.78 is 0. The number of aromatic amines is 1. The van der Waals surface area contributed by atoms with Gasteiger partial charge in [-0.25, -0.2) is 0 Å². The highest BCUT2D eigenvalue weighted by atomic mass is 35.5. The molecule has 1 aromatic carbocycles. The molecule has 5 nitrogen and oxygen atoms in total. The summed E-state index contributed by atoms with van der Waals surface area (Å²) in [6.07, 6.45) is 3.31. The molecule has 0 aliphatic heterocycles. The molecule has 106 valence electrons. The molecule has 0 amide bonds. The third-order valence-corrected chi connectivity index (χ3v) is 4.22. The Balaban J connectivity index is 1.95. The van der Waals surface area contributed by atoms with Crippen molar-refractivity contribution >= 4 is 40.6 Å². The van der Waals surface area contributed by atoms with Crippen LogP contribution in [0.15, 0.2) is 46.1 Å². The maximum absolute atomic E-state index is 12.3. The van der Waals surface area contributed by atoms with Crippen LogP contribution in [0, 0.1) is 0 Å². The van der Waals surface area contributed by atoms with Crippen LogP contribution in [0.2, 0.25) is 0 Å². The van der Waals surface area contributed by atoms with Gasteiger partial charge < -0.3 is 5.32 Å². The number of carbonyl (C=O) groups is 2. The van der Waals surface area contributed by atoms with Gasteiger partial charge in [0.05, 0.1) is 11.8 Å². The van der Waals surface area contributed by atoms with Crippen LogP contribution in [0.4, 0.5) is 5.69 Å². The number of ketones is 2. The van der Waals surface area contributed by atoms with Gasteiger partial charge in [0.1, 0.15) is 16.4 Å². The number of carbonyl (C=O) groups excluding carboxylic acids is 2. The summed E-state index contributed by atoms with van der Waals surface area (Å²) in [6, 6.07) is 7.48. The van der Waals surface area contributed by atoms with E-state index >= 15 is 0 Å². The largest absolute Gasteiger partial charge is 0.351 e. The molecule has 3 rings (SSSR count). The Kier molecular flexibility index (Phi) is 3.57. The van der Waals surface area contributed by atoms with Crippen molar-refractivity contribution in [1.82, 2.24) is 10.2 Å². The Labute approximate surface area is 129 Å². The van der Waals surface area contributed by atoms with E-state index in [1.807, 2.05) is 30.5 Å². The van der Waals surface area contributed by atoms with E-state index in [0.29, 0.717) is 5.69 Å². The summed E-state index contributed by atoms with van der Waals surface area (Å²) in [7, 11) is 0. The van der Waals surface area contributed by atoms with Crippen LogP contribution in [-0.2, 0) is 0 Å². The number of H-pyrrole nitrogens is 1. The first kappa shape index (κ1) is 13.9. The molecule has 0 fully saturated rings. The Morgan fingerprint density at radius 3 is 2.57 bits per heavy atom. The van der Waals surface area contributed by atoms with Crippen LogP contribution >= 0.6 is 23.4 Å². The number of anilines is 1. The first-order valence-electron chi connectivity index (χ1n) is 6.05. The topological polar surface area (TPSA) is 74.8 Å². The third kappa shape index (κ3) is 2.36. The van der Waals surface area contributed by atoms with Crippen LogP contribution in [0.5, 0.6) is 0 Å². The van der Waals surface area contributed by atoms with Crippen molar-refractivity contribution in [2.75, 3.05) is 11.6 Å². The molecule has 1 aliphatic rings. The second-order valence-corrected chi connectivity index (χ2v) is 5.62. The first-order valence-corrected chi connectivity index (χ1v) is 7.65. The molecule has 0 saturated heterocycles. The van der Waals surface area contributed by atoms with E-state index in [0.717, 1.165) is 4.90 Å². The fourth-order valence-electron chi connectivity index (χ4n) is 2.02. The molecule has 2 aromatic rings. The zero-order valence-electron chi connectivity index (χ0n) is 10.9. The maximum Gasteiger partial charge on any atom is 0.225 e. The minimum atomic E-state index is -0.438. The number of benzene rings is 1. The molecule has 0 spiro atoms. The van der Waals surface area contributed by atoms with Crippen LogP contribution in [0.3, 0.4) is 0 Å². The van der Waals surface area contributed by atoms with E-state index in [4.69, 9.17) is 11.6 Å². The Morgan fingerprint density at radius 2 is 1.90 bits per heavy atom. The van der Waals surface area contributed by atoms with E-state index in [-0.39, 0.29) is 27.8 Å². The van der Waals surface area contributed by atoms with Crippen molar-refractivity contribution in [1.29, 1.82) is 0 Å². The van der Waals surface area contributed by atoms with Crippen molar-refractivity contribution in [2.45, 2.75) is 4.90 Å². The number of Topliss-reactive ketones (excluding diaryl/α,β-unsaturated/α-hetero) is 2. The smallest absolute Gasteiger partial charge is 0.225 e. The minimum absolute atomic E-state index is 0.0764. The predicted octanol–water partition coefficient (Wildman–Crippen LogP) is 3.07. The number of hydrogen-bond donors (Lipinski definition) is 2. The minimum Gasteiger partial charge on any atom is -0.351 e. The van der Waals surface area contributed by atoms with Crippen molar-refractivity contribution in [3.63, 3.8) is 0 Å². The van der Waals surface area contributed by atoms with Gasteiger partial charge in [-0.1, -0.05) is 11.6 Å². The number of nitrogens with zero attached hydrogens (tertiary/aromatic N) is 1. The van der Waals surface area contributed by atoms with Crippen molar-refractivity contribution in [2.24, 2.45) is 0 Å². The lowest BCUT2D eigenvalue weighted by atomic mass is 9.99. The second kappa shape index (κ2) is 5.38. The van der Waals surface area contributed by atoms with Gasteiger partial charge in [0.25, 0.3) is 0 Å². The van der Waals surface area contributed by atoms with Crippen LogP contribution in [0.25, 0.3) is 0 Å². The van der Waals surface area contributed by atoms with Crippen LogP contribution in [0.1, 0.15) is 20.8 Å². The van der Waals surface area contributed by atoms with E-state index in [9.17, 15) is 9.59 Å². The lowest BCUT2D eigenvalue weighted by molar-refractivity contribution is 0.0979. The van der Waals surface area contributed by atoms with Crippen LogP contribution in [-0.4, -0.2) is 28.0 Å². The summed E-state index contributed by atoms with van der Waals surface area (Å²) in [5, 5.41) is 9.00. The number of thioether (sulfide) groups is 1. The Hall–Kier alpha value is -2.05. The summed E-state index contributed by atoms with van der Waals surface area (Å²) in [4.78, 5) is 25.5. The first-order chi connectivity index (χ1) is 10.1. The summed E-state index contributed by atoms with van der Waals surface area (Å²) >= 11 is 7.63. The number of aromatic nitrogens is 2. The number of halogens is 1. The average Bonchev–Trinajstić information content (AvgIpc) is 3.00. The predicted molar refractivity (Wildman–Crippen MR) is 82.0 cm³/mol. The quantitative estimate of drug-likeness (QED) is 0.850. The van der Waals surface area contributed by atoms with Gasteiger partial charge in [-0.3, -0.25) is 14.7 Å². The SMILES string of the molecule is CSc1ccc(NC2=C(Cl)C(=O)c3[nH]ncc3C2=O)cc1. The number of nitrogens with one attached hydrogen (secondary N) is 2. The van der Waals surface area contributed by atoms with Gasteiger partial charge in [0.2, 0.25) is 11.6 Å². The number of rotatable bonds is 3. The molecule has 1 heterocycles. The van der Waals surface area contributed by atoms with Crippen molar-refractivity contribution in [3.05, 3.63) is 52.4 Å². The molecular formula is C14H10ClN3O2S. The summed E-state index contributed by atoms with van der Waals surface area (Å²) in [5.74, 6) is -0.788. The molecule has 0 bridgehead atoms. The van der Waals surface area contributed by atoms with Crippen LogP contribution < -0.4 is 5.32 Å². The molecule has 1 aliphatic carbocycles. The molecule has 0 unspecified atom stereocenters. The van der Waals surface area contributed by atoms with Gasteiger partial charge in [-0.2, -0.15) is 5.10 Å². The number of fused-ring (bicyclic) bond motifs is 1. The summed E-state index contributed by atoms with van der Waals surface area (Å²) in [5.41, 5.74) is 1.13. The highest BCUT2D eigenvalue weighted by molar-refractivity contribution is 7.98. The fraction of sp³-hybridized carbons (Fsp3) is 0.0714. The number of hydrogen-bond acceptors (Lipinski definition) is 5. The molecule has 7 heteroatoms. The van der Waals surface area contributed by atoms with Crippen molar-refractivity contribution in [3.8, 4) is 0 Å². The fourth-order valence-corrected chi connectivity index (χ4v) is 2.66. The van der Waals surface area contributed by atoms with Gasteiger partial charge in [0.15, 0.2) is 0 Å². The molecule has 0 atom stereocenters. The normalized spacial score (nSPS) is 14.4. The molecular weight excluding hydrogens is 310 g/mol. The number of allylic oxidation sites excluding steroid dienone is 2. The zero-order valence-corrected chi connectivity index (χ0v) is 12.5. The Morgan fingerprint density at radius 1 is 1.19 bits per heavy atom. The lowest BCUT2D eigenvalue weighted by Gasteiger charge is -2.16. The van der Waals surface area contributed by atoms with Gasteiger partial charge >= 0.3 is 0 Å². The van der Waals surface area contributed by atoms with E-state index in [1.54, 1.807) is 11.8 Å². The maximum atomic E-state index is 12.3. The second-order valence-electron chi connectivity index (χ2n) is 4.36. The average molecular weight is 320 g/mol. The standard InChI is InChI=1S/C14H10ClN3O2S/c1-21-8-4-2-7(3-5-8)17-12-10(15)14(20)11-9(13(12)19)6-16-18-11/h2-6,17H,1H3,(H,16,18). The molecule has 21 heavy (non-hydrogen) atoms. The Bertz CT molecular complexity index is 765. The van der Waals surface area contributed by atoms with E-state index < -0.39 is 5.78 Å². The third-order valence-electron chi connectivity index (χ3n) is 3.12. The molecule has 0 radical (unpaired) electrons. The van der Waals surface area contributed by atoms with E-state index in [2.05, 4.69) is 15.5 Å². The molecule has 0 saturated carbocycles. The van der Waals surface area contributed by atoms with Gasteiger partial charge in [-0.15, -0.1) is 11.8 Å². The highest BCUT2D eigenvalue weighted by Gasteiger charge is 2.33. The monoisotopic (exact) mass is 319 g/mol. The molecule has 2 N–H and O–H groups in total. The lowest BCUT2D eigenvalue weighted by Crippen LogP contribution is -2.23. The van der Waals surface area contributed by atoms with Crippen molar-refractivity contribution < 1.29 is 9.59 Å². The van der Waals surface area contributed by atoms with Gasteiger partial charge in [0, 0.05) is 10.6 Å².